The maximum atomic E-state index is 13.5. The smallest absolute Gasteiger partial charge is 0.263 e. The van der Waals surface area contributed by atoms with Crippen LogP contribution in [-0.2, 0) is 6.54 Å². The van der Waals surface area contributed by atoms with E-state index in [1.165, 1.54) is 35.2 Å². The Morgan fingerprint density at radius 2 is 1.97 bits per heavy atom. The quantitative estimate of drug-likeness (QED) is 0.439. The molecule has 172 valence electrons. The topological polar surface area (TPSA) is 87.8 Å². The molecule has 0 saturated carbocycles. The predicted molar refractivity (Wildman–Crippen MR) is 127 cm³/mol. The van der Waals surface area contributed by atoms with Gasteiger partial charge in [-0.25, -0.2) is 8.78 Å². The number of nitrogens with one attached hydrogen (secondary N) is 1. The van der Waals surface area contributed by atoms with Crippen molar-refractivity contribution in [3.05, 3.63) is 110 Å². The summed E-state index contributed by atoms with van der Waals surface area (Å²) < 4.78 is 27.8. The first-order chi connectivity index (χ1) is 16.9. The minimum Gasteiger partial charge on any atom is -0.341 e. The van der Waals surface area contributed by atoms with E-state index in [9.17, 15) is 18.4 Å². The molecular formula is C26H15ClF2N4O2. The van der Waals surface area contributed by atoms with Gasteiger partial charge in [0.15, 0.2) is 11.6 Å². The van der Waals surface area contributed by atoms with Gasteiger partial charge in [0.25, 0.3) is 11.5 Å². The first-order valence-corrected chi connectivity index (χ1v) is 10.6. The summed E-state index contributed by atoms with van der Waals surface area (Å²) in [7, 11) is 0. The van der Waals surface area contributed by atoms with Crippen molar-refractivity contribution in [3.63, 3.8) is 0 Å². The molecule has 0 saturated heterocycles. The van der Waals surface area contributed by atoms with Crippen molar-refractivity contribution in [2.24, 2.45) is 0 Å². The average molecular weight is 489 g/mol. The van der Waals surface area contributed by atoms with E-state index in [1.807, 2.05) is 6.07 Å². The number of benzene rings is 2. The van der Waals surface area contributed by atoms with Gasteiger partial charge in [-0.15, -0.1) is 0 Å². The molecule has 0 bridgehead atoms. The van der Waals surface area contributed by atoms with E-state index < -0.39 is 23.1 Å². The van der Waals surface area contributed by atoms with Crippen LogP contribution in [0.4, 0.5) is 8.78 Å². The van der Waals surface area contributed by atoms with Crippen molar-refractivity contribution >= 4 is 28.4 Å². The van der Waals surface area contributed by atoms with Crippen LogP contribution in [0, 0.1) is 34.8 Å². The summed E-state index contributed by atoms with van der Waals surface area (Å²) in [6.07, 6.45) is 2.86. The van der Waals surface area contributed by atoms with Crippen molar-refractivity contribution in [1.82, 2.24) is 14.9 Å². The fraction of sp³-hybridized carbons (Fsp3) is 0.0769. The van der Waals surface area contributed by atoms with Gasteiger partial charge < -0.3 is 9.88 Å². The Labute approximate surface area is 203 Å². The van der Waals surface area contributed by atoms with Crippen LogP contribution in [0.1, 0.15) is 27.0 Å². The first kappa shape index (κ1) is 23.6. The number of carbonyl (C=O) groups excluding carboxylic acids is 1. The van der Waals surface area contributed by atoms with Gasteiger partial charge in [-0.05, 0) is 48.0 Å². The molecule has 1 N–H and O–H groups in total. The zero-order valence-corrected chi connectivity index (χ0v) is 18.7. The number of rotatable bonds is 4. The monoisotopic (exact) mass is 488 g/mol. The highest BCUT2D eigenvalue weighted by Gasteiger charge is 2.12. The third-order valence-corrected chi connectivity index (χ3v) is 5.50. The third kappa shape index (κ3) is 5.19. The molecule has 2 aromatic heterocycles. The van der Waals surface area contributed by atoms with Crippen molar-refractivity contribution in [2.75, 3.05) is 6.54 Å². The molecule has 0 aliphatic rings. The van der Waals surface area contributed by atoms with E-state index in [0.717, 1.165) is 12.1 Å². The molecule has 2 aromatic carbocycles. The fourth-order valence-electron chi connectivity index (χ4n) is 3.35. The molecule has 0 aliphatic carbocycles. The zero-order chi connectivity index (χ0) is 24.9. The number of carbonyl (C=O) groups is 1. The SMILES string of the molecule is N#Cc1cnc2ccc(C#CCNC(=O)c3cccn(Cc4ccc(F)c(F)c4)c3=O)cc2c1Cl. The second-order valence-electron chi connectivity index (χ2n) is 7.42. The second-order valence-corrected chi connectivity index (χ2v) is 7.80. The van der Waals surface area contributed by atoms with Crippen LogP contribution in [0.3, 0.4) is 0 Å². The van der Waals surface area contributed by atoms with Crippen molar-refractivity contribution in [3.8, 4) is 17.9 Å². The lowest BCUT2D eigenvalue weighted by atomic mass is 10.1. The predicted octanol–water partition coefficient (Wildman–Crippen LogP) is 4.03. The maximum Gasteiger partial charge on any atom is 0.263 e. The minimum atomic E-state index is -1.02. The van der Waals surface area contributed by atoms with Crippen LogP contribution in [0.15, 0.2) is 65.7 Å². The van der Waals surface area contributed by atoms with Gasteiger partial charge in [0.1, 0.15) is 11.6 Å². The highest BCUT2D eigenvalue weighted by atomic mass is 35.5. The largest absolute Gasteiger partial charge is 0.341 e. The molecule has 0 unspecified atom stereocenters. The van der Waals surface area contributed by atoms with Gasteiger partial charge in [0.05, 0.1) is 29.2 Å². The summed E-state index contributed by atoms with van der Waals surface area (Å²) in [5.41, 5.74) is 1.18. The molecule has 4 aromatic rings. The van der Waals surface area contributed by atoms with Gasteiger partial charge in [-0.1, -0.05) is 29.5 Å². The molecule has 4 rings (SSSR count). The maximum absolute atomic E-state index is 13.5. The normalized spacial score (nSPS) is 10.3. The molecule has 0 aliphatic heterocycles. The summed E-state index contributed by atoms with van der Waals surface area (Å²) in [6.45, 7) is -0.0531. The molecule has 1 amide bonds. The Balaban J connectivity index is 1.46. The number of aromatic nitrogens is 2. The van der Waals surface area contributed by atoms with Gasteiger partial charge in [-0.2, -0.15) is 5.26 Å². The standard InChI is InChI=1S/C26H15ClF2N4O2/c27-24-18(13-30)14-32-23-8-6-16(11-20(23)24)3-1-9-31-25(34)19-4-2-10-33(26(19)35)15-17-5-7-21(28)22(29)12-17/h2,4-8,10-12,14H,9,15H2,(H,31,34). The summed E-state index contributed by atoms with van der Waals surface area (Å²) >= 11 is 6.24. The number of amides is 1. The minimum absolute atomic E-state index is 0.0240. The Morgan fingerprint density at radius 3 is 2.74 bits per heavy atom. The van der Waals surface area contributed by atoms with E-state index in [2.05, 4.69) is 22.1 Å². The molecule has 9 heteroatoms. The molecule has 0 atom stereocenters. The van der Waals surface area contributed by atoms with Crippen molar-refractivity contribution < 1.29 is 13.6 Å². The summed E-state index contributed by atoms with van der Waals surface area (Å²) in [4.78, 5) is 29.4. The van der Waals surface area contributed by atoms with Crippen LogP contribution in [0.5, 0.6) is 0 Å². The number of halogens is 3. The summed E-state index contributed by atoms with van der Waals surface area (Å²) in [5, 5.41) is 12.6. The number of nitrogens with zero attached hydrogens (tertiary/aromatic N) is 3. The second kappa shape index (κ2) is 10.2. The molecule has 35 heavy (non-hydrogen) atoms. The van der Waals surface area contributed by atoms with Crippen LogP contribution >= 0.6 is 11.6 Å². The number of fused-ring (bicyclic) bond motifs is 1. The Bertz CT molecular complexity index is 1630. The Hall–Kier alpha value is -4.53. The fourth-order valence-corrected chi connectivity index (χ4v) is 3.59. The lowest BCUT2D eigenvalue weighted by Gasteiger charge is -2.08. The molecule has 2 heterocycles. The molecular weight excluding hydrogens is 474 g/mol. The first-order valence-electron chi connectivity index (χ1n) is 10.3. The van der Waals surface area contributed by atoms with Gasteiger partial charge in [-0.3, -0.25) is 14.6 Å². The van der Waals surface area contributed by atoms with E-state index in [1.54, 1.807) is 18.2 Å². The van der Waals surface area contributed by atoms with Crippen LogP contribution < -0.4 is 10.9 Å². The van der Waals surface area contributed by atoms with Gasteiger partial charge >= 0.3 is 0 Å². The number of pyridine rings is 2. The van der Waals surface area contributed by atoms with Crippen molar-refractivity contribution in [1.29, 1.82) is 5.26 Å². The third-order valence-electron chi connectivity index (χ3n) is 5.09. The van der Waals surface area contributed by atoms with Crippen LogP contribution in [-0.4, -0.2) is 22.0 Å². The number of hydrogen-bond acceptors (Lipinski definition) is 4. The Kier molecular flexibility index (Phi) is 6.86. The zero-order valence-electron chi connectivity index (χ0n) is 18.0. The Morgan fingerprint density at radius 1 is 1.14 bits per heavy atom. The van der Waals surface area contributed by atoms with Gasteiger partial charge in [0.2, 0.25) is 0 Å². The van der Waals surface area contributed by atoms with E-state index in [0.29, 0.717) is 22.0 Å². The van der Waals surface area contributed by atoms with Gasteiger partial charge in [0, 0.05) is 23.3 Å². The lowest BCUT2D eigenvalue weighted by molar-refractivity contribution is 0.0956. The molecule has 0 radical (unpaired) electrons. The summed E-state index contributed by atoms with van der Waals surface area (Å²) in [5.74, 6) is 3.08. The van der Waals surface area contributed by atoms with Crippen LogP contribution in [0.2, 0.25) is 5.02 Å². The molecule has 6 nitrogen and oxygen atoms in total. The summed E-state index contributed by atoms with van der Waals surface area (Å²) in [6, 6.07) is 13.4. The lowest BCUT2D eigenvalue weighted by Crippen LogP contribution is -2.33. The van der Waals surface area contributed by atoms with E-state index in [4.69, 9.17) is 16.9 Å². The van der Waals surface area contributed by atoms with Crippen LogP contribution in [0.25, 0.3) is 10.9 Å². The number of hydrogen-bond donors (Lipinski definition) is 1. The van der Waals surface area contributed by atoms with E-state index >= 15 is 0 Å². The highest BCUT2D eigenvalue weighted by Crippen LogP contribution is 2.25. The molecule has 0 spiro atoms. The molecule has 0 fully saturated rings. The number of nitriles is 1. The average Bonchev–Trinajstić information content (AvgIpc) is 2.85. The van der Waals surface area contributed by atoms with Crippen molar-refractivity contribution in [2.45, 2.75) is 6.54 Å². The highest BCUT2D eigenvalue weighted by molar-refractivity contribution is 6.36. The van der Waals surface area contributed by atoms with E-state index in [-0.39, 0.29) is 29.2 Å².